The van der Waals surface area contributed by atoms with Gasteiger partial charge in [0, 0.05) is 28.6 Å². The highest BCUT2D eigenvalue weighted by Gasteiger charge is 2.06. The second kappa shape index (κ2) is 5.69. The molecular weight excluding hydrogens is 292 g/mol. The molecule has 0 aliphatic rings. The monoisotopic (exact) mass is 304 g/mol. The van der Waals surface area contributed by atoms with E-state index in [-0.39, 0.29) is 6.04 Å². The Hall–Kier alpha value is -1.80. The van der Waals surface area contributed by atoms with Crippen LogP contribution in [0.2, 0.25) is 0 Å². The lowest BCUT2D eigenvalue weighted by Gasteiger charge is -2.16. The smallest absolute Gasteiger partial charge is 0.0992 e. The van der Waals surface area contributed by atoms with Crippen molar-refractivity contribution in [1.29, 1.82) is 5.26 Å². The Morgan fingerprint density at radius 1 is 1.56 bits per heavy atom. The van der Waals surface area contributed by atoms with E-state index in [0.29, 0.717) is 5.56 Å². The van der Waals surface area contributed by atoms with Gasteiger partial charge in [-0.25, -0.2) is 0 Å². The minimum Gasteiger partial charge on any atom is -0.380 e. The lowest BCUT2D eigenvalue weighted by Crippen LogP contribution is -2.22. The van der Waals surface area contributed by atoms with Crippen molar-refractivity contribution in [1.82, 2.24) is 9.78 Å². The average molecular weight is 305 g/mol. The van der Waals surface area contributed by atoms with Gasteiger partial charge in [0.15, 0.2) is 0 Å². The van der Waals surface area contributed by atoms with Crippen LogP contribution in [-0.2, 0) is 6.54 Å². The Kier molecular flexibility index (Phi) is 4.00. The molecule has 0 bridgehead atoms. The number of hydrogen-bond acceptors (Lipinski definition) is 3. The third-order valence-electron chi connectivity index (χ3n) is 2.52. The Balaban J connectivity index is 2.03. The summed E-state index contributed by atoms with van der Waals surface area (Å²) in [6, 6.07) is 9.78. The zero-order valence-corrected chi connectivity index (χ0v) is 11.6. The Morgan fingerprint density at radius 2 is 2.39 bits per heavy atom. The molecule has 0 aliphatic heterocycles. The van der Waals surface area contributed by atoms with Crippen molar-refractivity contribution < 1.29 is 0 Å². The fraction of sp³-hybridized carbons (Fsp3) is 0.231. The Morgan fingerprint density at radius 3 is 3.00 bits per heavy atom. The summed E-state index contributed by atoms with van der Waals surface area (Å²) in [6.45, 7) is 2.88. The summed E-state index contributed by atoms with van der Waals surface area (Å²) in [5, 5.41) is 16.4. The molecule has 0 fully saturated rings. The molecule has 1 N–H and O–H groups in total. The first-order valence-electron chi connectivity index (χ1n) is 5.62. The molecule has 0 spiro atoms. The van der Waals surface area contributed by atoms with E-state index in [2.05, 4.69) is 39.3 Å². The van der Waals surface area contributed by atoms with Crippen LogP contribution in [0.3, 0.4) is 0 Å². The predicted molar refractivity (Wildman–Crippen MR) is 74.2 cm³/mol. The van der Waals surface area contributed by atoms with Crippen LogP contribution in [0.25, 0.3) is 0 Å². The van der Waals surface area contributed by atoms with Crippen molar-refractivity contribution >= 4 is 21.6 Å². The lowest BCUT2D eigenvalue weighted by atomic mass is 10.2. The number of hydrogen-bond donors (Lipinski definition) is 1. The molecule has 0 saturated heterocycles. The molecular formula is C13H13BrN4. The van der Waals surface area contributed by atoms with Crippen molar-refractivity contribution in [2.75, 3.05) is 5.32 Å². The zero-order valence-electron chi connectivity index (χ0n) is 9.97. The van der Waals surface area contributed by atoms with Crippen LogP contribution < -0.4 is 5.32 Å². The molecule has 18 heavy (non-hydrogen) atoms. The first-order chi connectivity index (χ1) is 8.69. The minimum absolute atomic E-state index is 0.245. The van der Waals surface area contributed by atoms with Crippen LogP contribution in [0, 0.1) is 11.3 Å². The third-order valence-corrected chi connectivity index (χ3v) is 3.18. The number of nitriles is 1. The summed E-state index contributed by atoms with van der Waals surface area (Å²) in [4.78, 5) is 0. The van der Waals surface area contributed by atoms with Gasteiger partial charge in [-0.2, -0.15) is 10.4 Å². The molecule has 1 atom stereocenters. The molecule has 1 aromatic carbocycles. The van der Waals surface area contributed by atoms with Crippen LogP contribution in [0.15, 0.2) is 41.1 Å². The summed E-state index contributed by atoms with van der Waals surface area (Å²) in [5.41, 5.74) is 1.63. The van der Waals surface area contributed by atoms with E-state index in [1.165, 1.54) is 0 Å². The van der Waals surface area contributed by atoms with E-state index in [9.17, 15) is 0 Å². The molecule has 1 heterocycles. The number of aromatic nitrogens is 2. The first kappa shape index (κ1) is 12.7. The Labute approximate surface area is 114 Å². The normalized spacial score (nSPS) is 11.8. The van der Waals surface area contributed by atoms with Crippen molar-refractivity contribution in [2.24, 2.45) is 0 Å². The highest BCUT2D eigenvalue weighted by atomic mass is 79.9. The fourth-order valence-electron chi connectivity index (χ4n) is 1.70. The van der Waals surface area contributed by atoms with Gasteiger partial charge in [-0.15, -0.1) is 0 Å². The first-order valence-corrected chi connectivity index (χ1v) is 6.42. The van der Waals surface area contributed by atoms with Crippen LogP contribution in [-0.4, -0.2) is 15.8 Å². The number of nitrogens with zero attached hydrogens (tertiary/aromatic N) is 3. The molecule has 2 aromatic rings. The summed E-state index contributed by atoms with van der Waals surface area (Å²) < 4.78 is 2.78. The topological polar surface area (TPSA) is 53.6 Å². The van der Waals surface area contributed by atoms with E-state index < -0.39 is 0 Å². The van der Waals surface area contributed by atoms with Gasteiger partial charge < -0.3 is 5.32 Å². The second-order valence-corrected chi connectivity index (χ2v) is 4.93. The molecule has 5 heteroatoms. The summed E-state index contributed by atoms with van der Waals surface area (Å²) in [6.07, 6.45) is 3.70. The molecule has 0 radical (unpaired) electrons. The fourth-order valence-corrected chi connectivity index (χ4v) is 2.20. The van der Waals surface area contributed by atoms with E-state index in [4.69, 9.17) is 5.26 Å². The number of nitrogens with one attached hydrogen (secondary N) is 1. The minimum atomic E-state index is 0.245. The summed E-state index contributed by atoms with van der Waals surface area (Å²) in [7, 11) is 0. The highest BCUT2D eigenvalue weighted by Crippen LogP contribution is 2.24. The van der Waals surface area contributed by atoms with Gasteiger partial charge in [0.2, 0.25) is 0 Å². The van der Waals surface area contributed by atoms with Gasteiger partial charge >= 0.3 is 0 Å². The third kappa shape index (κ3) is 3.11. The predicted octanol–water partition coefficient (Wildman–Crippen LogP) is 3.02. The molecule has 1 unspecified atom stereocenters. The van der Waals surface area contributed by atoms with Gasteiger partial charge in [-0.3, -0.25) is 4.68 Å². The van der Waals surface area contributed by atoms with Crippen molar-refractivity contribution in [3.63, 3.8) is 0 Å². The van der Waals surface area contributed by atoms with Crippen molar-refractivity contribution in [3.05, 3.63) is 46.7 Å². The van der Waals surface area contributed by atoms with E-state index in [1.807, 2.05) is 29.1 Å². The van der Waals surface area contributed by atoms with Crippen molar-refractivity contribution in [3.8, 4) is 6.07 Å². The van der Waals surface area contributed by atoms with E-state index in [1.54, 1.807) is 12.3 Å². The number of halogens is 1. The second-order valence-electron chi connectivity index (χ2n) is 4.08. The van der Waals surface area contributed by atoms with Gasteiger partial charge in [0.1, 0.15) is 0 Å². The molecule has 2 rings (SSSR count). The van der Waals surface area contributed by atoms with Gasteiger partial charge in [0.25, 0.3) is 0 Å². The maximum atomic E-state index is 8.80. The maximum absolute atomic E-state index is 8.80. The van der Waals surface area contributed by atoms with Crippen LogP contribution in [0.1, 0.15) is 12.5 Å². The van der Waals surface area contributed by atoms with Crippen LogP contribution >= 0.6 is 15.9 Å². The molecule has 4 nitrogen and oxygen atoms in total. The van der Waals surface area contributed by atoms with Crippen LogP contribution in [0.4, 0.5) is 5.69 Å². The Bertz CT molecular complexity index is 557. The average Bonchev–Trinajstić information content (AvgIpc) is 2.84. The molecule has 0 aliphatic carbocycles. The quantitative estimate of drug-likeness (QED) is 0.944. The summed E-state index contributed by atoms with van der Waals surface area (Å²) >= 11 is 3.46. The van der Waals surface area contributed by atoms with Gasteiger partial charge in [0.05, 0.1) is 18.2 Å². The molecule has 92 valence electrons. The standard InChI is InChI=1S/C13H13BrN4/c1-10(9-18-6-2-5-16-18)17-13-4-3-11(8-15)7-12(13)14/h2-7,10,17H,9H2,1H3. The molecule has 0 amide bonds. The molecule has 1 aromatic heterocycles. The zero-order chi connectivity index (χ0) is 13.0. The number of anilines is 1. The van der Waals surface area contributed by atoms with Crippen molar-refractivity contribution in [2.45, 2.75) is 19.5 Å². The SMILES string of the molecule is CC(Cn1cccn1)Nc1ccc(C#N)cc1Br. The van der Waals surface area contributed by atoms with Crippen LogP contribution in [0.5, 0.6) is 0 Å². The maximum Gasteiger partial charge on any atom is 0.0992 e. The lowest BCUT2D eigenvalue weighted by molar-refractivity contribution is 0.561. The molecule has 0 saturated carbocycles. The van der Waals surface area contributed by atoms with E-state index >= 15 is 0 Å². The van der Waals surface area contributed by atoms with Gasteiger partial charge in [-0.1, -0.05) is 0 Å². The van der Waals surface area contributed by atoms with Gasteiger partial charge in [-0.05, 0) is 47.1 Å². The number of rotatable bonds is 4. The highest BCUT2D eigenvalue weighted by molar-refractivity contribution is 9.10. The number of benzene rings is 1. The largest absolute Gasteiger partial charge is 0.380 e. The summed E-state index contributed by atoms with van der Waals surface area (Å²) in [5.74, 6) is 0. The van der Waals surface area contributed by atoms with E-state index in [0.717, 1.165) is 16.7 Å².